The molecule has 1 aromatic heterocycles. The molecule has 1 heterocycles. The highest BCUT2D eigenvalue weighted by Crippen LogP contribution is 2.39. The van der Waals surface area contributed by atoms with Gasteiger partial charge in [0.15, 0.2) is 5.78 Å². The number of amides is 1. The second kappa shape index (κ2) is 7.27. The van der Waals surface area contributed by atoms with Crippen LogP contribution >= 0.6 is 0 Å². The Labute approximate surface area is 157 Å². The number of hydrogen-bond donors (Lipinski definition) is 2. The molecule has 1 aliphatic carbocycles. The molecule has 1 aliphatic rings. The van der Waals surface area contributed by atoms with Crippen LogP contribution in [-0.2, 0) is 14.3 Å². The number of ketones is 1. The lowest BCUT2D eigenvalue weighted by Gasteiger charge is -2.21. The van der Waals surface area contributed by atoms with E-state index in [2.05, 4.69) is 4.98 Å². The fourth-order valence-electron chi connectivity index (χ4n) is 3.37. The number of aromatic nitrogens is 1. The number of H-pyrrole nitrogens is 1. The highest BCUT2D eigenvalue weighted by molar-refractivity contribution is 6.14. The third kappa shape index (κ3) is 3.35. The van der Waals surface area contributed by atoms with Gasteiger partial charge in [0.2, 0.25) is 0 Å². The molecule has 0 aliphatic heterocycles. The molecule has 1 unspecified atom stereocenters. The Hall–Kier alpha value is -2.88. The summed E-state index contributed by atoms with van der Waals surface area (Å²) in [7, 11) is 1.31. The summed E-state index contributed by atoms with van der Waals surface area (Å²) in [5.74, 6) is -3.59. The van der Waals surface area contributed by atoms with Crippen molar-refractivity contribution in [3.8, 4) is 0 Å². The molecule has 0 saturated carbocycles. The summed E-state index contributed by atoms with van der Waals surface area (Å²) in [6, 6.07) is 3.12. The number of ether oxygens (including phenoxy) is 2. The van der Waals surface area contributed by atoms with E-state index in [0.29, 0.717) is 16.5 Å². The van der Waals surface area contributed by atoms with Gasteiger partial charge in [0.25, 0.3) is 0 Å². The Bertz CT molecular complexity index is 951. The molecule has 150 valence electrons. The fourth-order valence-corrected chi connectivity index (χ4v) is 3.37. The molecule has 3 rings (SSSR count). The summed E-state index contributed by atoms with van der Waals surface area (Å²) in [6.45, 7) is 1.74. The Balaban J connectivity index is 2.14. The highest BCUT2D eigenvalue weighted by atomic mass is 19.4. The average Bonchev–Trinajstić information content (AvgIpc) is 2.98. The molecule has 0 saturated heterocycles. The Morgan fingerprint density at radius 3 is 2.64 bits per heavy atom. The predicted molar refractivity (Wildman–Crippen MR) is 90.9 cm³/mol. The van der Waals surface area contributed by atoms with Crippen molar-refractivity contribution in [1.29, 1.82) is 0 Å². The van der Waals surface area contributed by atoms with E-state index in [1.54, 1.807) is 18.3 Å². The molecule has 2 atom stereocenters. The number of carbonyl (C=O) groups excluding carboxylic acids is 3. The number of carbonyl (C=O) groups is 3. The van der Waals surface area contributed by atoms with Gasteiger partial charge in [0.05, 0.1) is 18.8 Å². The second-order valence-electron chi connectivity index (χ2n) is 6.21. The number of halogens is 3. The van der Waals surface area contributed by atoms with Gasteiger partial charge in [0.1, 0.15) is 5.69 Å². The minimum Gasteiger partial charge on any atom is -0.461 e. The van der Waals surface area contributed by atoms with E-state index in [-0.39, 0.29) is 24.3 Å². The van der Waals surface area contributed by atoms with Gasteiger partial charge in [-0.1, -0.05) is 12.1 Å². The molecule has 0 spiro atoms. The first-order valence-electron chi connectivity index (χ1n) is 8.45. The van der Waals surface area contributed by atoms with Crippen molar-refractivity contribution in [3.05, 3.63) is 35.0 Å². The van der Waals surface area contributed by atoms with Gasteiger partial charge in [0, 0.05) is 35.6 Å². The van der Waals surface area contributed by atoms with E-state index in [9.17, 15) is 27.6 Å². The molecule has 0 fully saturated rings. The average molecular weight is 398 g/mol. The fraction of sp³-hybridized carbons (Fsp3) is 0.389. The van der Waals surface area contributed by atoms with Crippen LogP contribution in [0.15, 0.2) is 18.2 Å². The van der Waals surface area contributed by atoms with Crippen LogP contribution in [0.5, 0.6) is 0 Å². The zero-order valence-electron chi connectivity index (χ0n) is 15.0. The van der Waals surface area contributed by atoms with E-state index in [4.69, 9.17) is 9.47 Å². The minimum absolute atomic E-state index is 0.0618. The normalized spacial score (nSPS) is 19.4. The van der Waals surface area contributed by atoms with Gasteiger partial charge in [-0.2, -0.15) is 13.2 Å². The van der Waals surface area contributed by atoms with Gasteiger partial charge < -0.3 is 19.8 Å². The first kappa shape index (κ1) is 19.9. The number of alkyl halides is 3. The first-order valence-corrected chi connectivity index (χ1v) is 8.45. The van der Waals surface area contributed by atoms with Crippen LogP contribution in [0.4, 0.5) is 13.2 Å². The Morgan fingerprint density at radius 1 is 1.32 bits per heavy atom. The lowest BCUT2D eigenvalue weighted by molar-refractivity contribution is -0.174. The quantitative estimate of drug-likeness (QED) is 0.772. The Morgan fingerprint density at radius 2 is 2.04 bits per heavy atom. The standard InChI is InChI=1S/C18H17F3N2O5/c1-3-28-16(25)14-13-11(27-2)7-10(23-17(26)18(19,20)21)15(24)8-5-4-6-9(22-14)12(8)13/h4-6,10-11,22H,3,7H2,1-2H3,(H,23,26)/t10-,11?/m0/s1. The molecule has 1 amide bonds. The molecule has 7 nitrogen and oxygen atoms in total. The van der Waals surface area contributed by atoms with Crippen molar-refractivity contribution in [2.75, 3.05) is 13.7 Å². The number of hydrogen-bond acceptors (Lipinski definition) is 5. The molecule has 10 heteroatoms. The number of Topliss-reactive ketones (excluding diaryl/α,β-unsaturated/α-hetero) is 1. The first-order chi connectivity index (χ1) is 13.2. The number of benzene rings is 1. The number of nitrogens with one attached hydrogen (secondary N) is 2. The van der Waals surface area contributed by atoms with Gasteiger partial charge in [-0.15, -0.1) is 0 Å². The van der Waals surface area contributed by atoms with Crippen molar-refractivity contribution in [1.82, 2.24) is 10.3 Å². The summed E-state index contributed by atoms with van der Waals surface area (Å²) < 4.78 is 48.4. The molecular formula is C18H17F3N2O5. The monoisotopic (exact) mass is 398 g/mol. The van der Waals surface area contributed by atoms with E-state index in [0.717, 1.165) is 0 Å². The van der Waals surface area contributed by atoms with E-state index >= 15 is 0 Å². The van der Waals surface area contributed by atoms with Crippen molar-refractivity contribution in [3.63, 3.8) is 0 Å². The van der Waals surface area contributed by atoms with Gasteiger partial charge >= 0.3 is 18.1 Å². The number of rotatable bonds is 4. The van der Waals surface area contributed by atoms with Crippen molar-refractivity contribution in [2.45, 2.75) is 31.7 Å². The molecule has 0 radical (unpaired) electrons. The van der Waals surface area contributed by atoms with Crippen molar-refractivity contribution in [2.24, 2.45) is 0 Å². The van der Waals surface area contributed by atoms with Gasteiger partial charge in [-0.3, -0.25) is 9.59 Å². The number of aromatic amines is 1. The van der Waals surface area contributed by atoms with E-state index in [1.165, 1.54) is 19.2 Å². The molecular weight excluding hydrogens is 381 g/mol. The molecule has 28 heavy (non-hydrogen) atoms. The zero-order valence-corrected chi connectivity index (χ0v) is 15.0. The maximum absolute atomic E-state index is 12.9. The van der Waals surface area contributed by atoms with Crippen LogP contribution in [-0.4, -0.2) is 48.6 Å². The second-order valence-corrected chi connectivity index (χ2v) is 6.21. The highest BCUT2D eigenvalue weighted by Gasteiger charge is 2.43. The van der Waals surface area contributed by atoms with Crippen LogP contribution in [0.25, 0.3) is 10.9 Å². The summed E-state index contributed by atoms with van der Waals surface area (Å²) in [4.78, 5) is 39.5. The smallest absolute Gasteiger partial charge is 0.461 e. The summed E-state index contributed by atoms with van der Waals surface area (Å²) in [6.07, 6.45) is -6.32. The summed E-state index contributed by atoms with van der Waals surface area (Å²) in [5, 5.41) is 2.10. The lowest BCUT2D eigenvalue weighted by atomic mass is 10.0. The number of esters is 1. The van der Waals surface area contributed by atoms with Gasteiger partial charge in [-0.05, 0) is 13.0 Å². The summed E-state index contributed by atoms with van der Waals surface area (Å²) >= 11 is 0. The van der Waals surface area contributed by atoms with Crippen LogP contribution in [0.3, 0.4) is 0 Å². The predicted octanol–water partition coefficient (Wildman–Crippen LogP) is 2.67. The SMILES string of the molecule is CCOC(=O)c1[nH]c2cccc3c2c1C(OC)C[C@H](NC(=O)C(F)(F)F)C3=O. The number of methoxy groups -OCH3 is 1. The van der Waals surface area contributed by atoms with Crippen LogP contribution in [0, 0.1) is 0 Å². The van der Waals surface area contributed by atoms with Crippen LogP contribution in [0.2, 0.25) is 0 Å². The minimum atomic E-state index is -5.13. The molecule has 2 N–H and O–H groups in total. The largest absolute Gasteiger partial charge is 0.471 e. The molecule has 2 aromatic rings. The molecule has 1 aromatic carbocycles. The third-order valence-corrected chi connectivity index (χ3v) is 4.54. The maximum atomic E-state index is 12.9. The van der Waals surface area contributed by atoms with Crippen molar-refractivity contribution < 1.29 is 37.0 Å². The van der Waals surface area contributed by atoms with Gasteiger partial charge in [-0.25, -0.2) is 4.79 Å². The molecule has 0 bridgehead atoms. The third-order valence-electron chi connectivity index (χ3n) is 4.54. The lowest BCUT2D eigenvalue weighted by Crippen LogP contribution is -2.47. The summed E-state index contributed by atoms with van der Waals surface area (Å²) in [5.41, 5.74) is 0.912. The maximum Gasteiger partial charge on any atom is 0.471 e. The van der Waals surface area contributed by atoms with Crippen LogP contribution < -0.4 is 5.32 Å². The van der Waals surface area contributed by atoms with Crippen molar-refractivity contribution >= 4 is 28.6 Å². The zero-order chi connectivity index (χ0) is 20.6. The topological polar surface area (TPSA) is 97.5 Å². The van der Waals surface area contributed by atoms with E-state index < -0.39 is 36.0 Å². The Kier molecular flexibility index (Phi) is 5.16. The van der Waals surface area contributed by atoms with Crippen LogP contribution in [0.1, 0.15) is 45.9 Å². The van der Waals surface area contributed by atoms with E-state index in [1.807, 2.05) is 0 Å².